The van der Waals surface area contributed by atoms with Crippen LogP contribution in [0.3, 0.4) is 0 Å². The Balaban J connectivity index is 2.21. The van der Waals surface area contributed by atoms with Crippen molar-refractivity contribution >= 4 is 27.9 Å². The molecule has 1 heterocycles. The molecule has 0 radical (unpaired) electrons. The zero-order valence-electron chi connectivity index (χ0n) is 8.56. The lowest BCUT2D eigenvalue weighted by Gasteiger charge is -2.13. The van der Waals surface area contributed by atoms with E-state index in [4.69, 9.17) is 4.74 Å². The summed E-state index contributed by atoms with van der Waals surface area (Å²) in [5.74, 6) is -0.523. The van der Waals surface area contributed by atoms with Gasteiger partial charge in [0.05, 0.1) is 12.0 Å². The highest BCUT2D eigenvalue weighted by Gasteiger charge is 2.38. The summed E-state index contributed by atoms with van der Waals surface area (Å²) in [6.07, 6.45) is 0.127. The first-order valence-corrected chi connectivity index (χ1v) is 5.71. The molecule has 0 N–H and O–H groups in total. The Kier molecular flexibility index (Phi) is 2.09. The molecule has 84 valence electrons. The molecule has 0 saturated carbocycles. The molecule has 17 heavy (non-hydrogen) atoms. The number of ether oxygens (including phenoxy) is 1. The Bertz CT molecular complexity index is 601. The average molecular weight is 246 g/mol. The Labute approximate surface area is 100.0 Å². The van der Waals surface area contributed by atoms with Crippen molar-refractivity contribution in [2.75, 3.05) is 0 Å². The molecular formula is C12H6O4S. The highest BCUT2D eigenvalue weighted by molar-refractivity contribution is 7.66. The van der Waals surface area contributed by atoms with Crippen LogP contribution in [-0.4, -0.2) is 20.8 Å². The molecule has 1 aliphatic carbocycles. The van der Waals surface area contributed by atoms with Crippen LogP contribution < -0.4 is 0 Å². The maximum absolute atomic E-state index is 12.1. The summed E-state index contributed by atoms with van der Waals surface area (Å²) in [5.41, 5.74) is 1.03. The van der Waals surface area contributed by atoms with Crippen LogP contribution >= 0.6 is 0 Å². The number of hydrogen-bond donors (Lipinski definition) is 0. The molecule has 0 fully saturated rings. The summed E-state index contributed by atoms with van der Waals surface area (Å²) in [5, 5.41) is 0.157. The first-order valence-electron chi connectivity index (χ1n) is 4.97. The number of carbonyl (C=O) groups is 2. The maximum atomic E-state index is 12.1. The molecule has 0 bridgehead atoms. The van der Waals surface area contributed by atoms with Crippen molar-refractivity contribution in [3.05, 3.63) is 46.7 Å². The van der Waals surface area contributed by atoms with Crippen LogP contribution in [0.15, 0.2) is 35.6 Å². The van der Waals surface area contributed by atoms with Crippen molar-refractivity contribution in [1.82, 2.24) is 0 Å². The van der Waals surface area contributed by atoms with Gasteiger partial charge in [-0.15, -0.1) is 0 Å². The normalized spacial score (nSPS) is 17.8. The molecule has 3 rings (SSSR count). The topological polar surface area (TPSA) is 60.4 Å². The largest absolute Gasteiger partial charge is 0.443 e. The first-order chi connectivity index (χ1) is 8.22. The summed E-state index contributed by atoms with van der Waals surface area (Å²) in [7, 11) is 0. The van der Waals surface area contributed by atoms with Gasteiger partial charge < -0.3 is 4.74 Å². The van der Waals surface area contributed by atoms with Gasteiger partial charge in [0, 0.05) is 11.1 Å². The fourth-order valence-corrected chi connectivity index (χ4v) is 2.33. The molecule has 2 aliphatic rings. The predicted molar refractivity (Wildman–Crippen MR) is 61.0 cm³/mol. The molecule has 0 spiro atoms. The van der Waals surface area contributed by atoms with Gasteiger partial charge in [-0.25, -0.2) is 4.21 Å². The van der Waals surface area contributed by atoms with Crippen molar-refractivity contribution in [2.45, 2.75) is 6.42 Å². The summed E-state index contributed by atoms with van der Waals surface area (Å²) in [4.78, 5) is 24.1. The second-order valence-corrected chi connectivity index (χ2v) is 4.37. The molecule has 1 aliphatic heterocycles. The fraction of sp³-hybridized carbons (Fsp3) is 0.0833. The van der Waals surface area contributed by atoms with Crippen molar-refractivity contribution in [2.24, 2.45) is 0 Å². The summed E-state index contributed by atoms with van der Waals surface area (Å²) in [6, 6.07) is 6.60. The van der Waals surface area contributed by atoms with Crippen molar-refractivity contribution in [3.8, 4) is 0 Å². The number of allylic oxidation sites excluding steroid dienone is 1. The lowest BCUT2D eigenvalue weighted by molar-refractivity contribution is 0.0943. The van der Waals surface area contributed by atoms with Gasteiger partial charge in [0.2, 0.25) is 10.8 Å². The van der Waals surface area contributed by atoms with Gasteiger partial charge in [-0.05, 0) is 0 Å². The van der Waals surface area contributed by atoms with Crippen LogP contribution in [0.25, 0.3) is 0 Å². The Morgan fingerprint density at radius 1 is 1.06 bits per heavy atom. The molecule has 1 aromatic rings. The molecular weight excluding hydrogens is 240 g/mol. The zero-order chi connectivity index (χ0) is 12.0. The molecule has 4 nitrogen and oxygen atoms in total. The van der Waals surface area contributed by atoms with Crippen LogP contribution in [-0.2, 0) is 16.0 Å². The Morgan fingerprint density at radius 3 is 2.35 bits per heavy atom. The van der Waals surface area contributed by atoms with E-state index in [0.29, 0.717) is 16.7 Å². The van der Waals surface area contributed by atoms with E-state index in [0.717, 1.165) is 0 Å². The molecule has 1 aromatic carbocycles. The highest BCUT2D eigenvalue weighted by Crippen LogP contribution is 2.33. The fourth-order valence-electron chi connectivity index (χ4n) is 2.01. The Morgan fingerprint density at radius 2 is 1.71 bits per heavy atom. The summed E-state index contributed by atoms with van der Waals surface area (Å²) >= 11 is 0.180. The van der Waals surface area contributed by atoms with Gasteiger partial charge in [-0.2, -0.15) is 0 Å². The summed E-state index contributed by atoms with van der Waals surface area (Å²) in [6.45, 7) is 0. The van der Waals surface area contributed by atoms with Gasteiger partial charge >= 0.3 is 0 Å². The molecule has 0 amide bonds. The minimum atomic E-state index is -0.320. The summed E-state index contributed by atoms with van der Waals surface area (Å²) < 4.78 is 15.8. The number of fused-ring (bicyclic) bond motifs is 1. The third-order valence-corrected chi connectivity index (χ3v) is 3.21. The van der Waals surface area contributed by atoms with Gasteiger partial charge in [-0.3, -0.25) is 9.59 Å². The number of hydrogen-bond acceptors (Lipinski definition) is 4. The number of benzene rings is 1. The van der Waals surface area contributed by atoms with Crippen LogP contribution in [0, 0.1) is 0 Å². The zero-order valence-corrected chi connectivity index (χ0v) is 9.37. The lowest BCUT2D eigenvalue weighted by Crippen LogP contribution is -2.19. The van der Waals surface area contributed by atoms with E-state index in [-0.39, 0.29) is 40.1 Å². The average Bonchev–Trinajstić information content (AvgIpc) is 2.80. The van der Waals surface area contributed by atoms with Crippen LogP contribution in [0.5, 0.6) is 0 Å². The minimum Gasteiger partial charge on any atom is -0.443 e. The molecule has 5 heteroatoms. The quantitative estimate of drug-likeness (QED) is 0.643. The monoisotopic (exact) mass is 246 g/mol. The molecule has 0 saturated heterocycles. The van der Waals surface area contributed by atoms with Crippen molar-refractivity contribution < 1.29 is 18.5 Å². The number of Topliss-reactive ketones (excluding diaryl/α,β-unsaturated/α-hetero) is 2. The van der Waals surface area contributed by atoms with Crippen LogP contribution in [0.4, 0.5) is 0 Å². The van der Waals surface area contributed by atoms with Crippen molar-refractivity contribution in [3.63, 3.8) is 0 Å². The first kappa shape index (κ1) is 10.2. The van der Waals surface area contributed by atoms with Gasteiger partial charge in [0.1, 0.15) is 11.3 Å². The highest BCUT2D eigenvalue weighted by atomic mass is 32.1. The maximum Gasteiger partial charge on any atom is 0.229 e. The van der Waals surface area contributed by atoms with Crippen LogP contribution in [0.1, 0.15) is 27.1 Å². The van der Waals surface area contributed by atoms with Gasteiger partial charge in [0.15, 0.2) is 11.5 Å². The van der Waals surface area contributed by atoms with E-state index in [1.165, 1.54) is 0 Å². The van der Waals surface area contributed by atoms with E-state index in [9.17, 15) is 13.8 Å². The SMILES string of the molecule is O=S=C1CC2=C(O1)C(=O)c1ccccc1C2=O. The van der Waals surface area contributed by atoms with E-state index in [2.05, 4.69) is 0 Å². The van der Waals surface area contributed by atoms with Crippen LogP contribution in [0.2, 0.25) is 0 Å². The van der Waals surface area contributed by atoms with E-state index >= 15 is 0 Å². The molecule has 0 aromatic heterocycles. The third-order valence-electron chi connectivity index (χ3n) is 2.80. The minimum absolute atomic E-state index is 0.0204. The standard InChI is InChI=1S/C12H6O4S/c13-10-6-3-1-2-4-7(6)11(14)12-8(10)5-9(16-12)17-15/h1-4H,5H2. The van der Waals surface area contributed by atoms with E-state index in [1.807, 2.05) is 0 Å². The van der Waals surface area contributed by atoms with E-state index < -0.39 is 0 Å². The number of carbonyl (C=O) groups excluding carboxylic acids is 2. The third kappa shape index (κ3) is 1.32. The van der Waals surface area contributed by atoms with E-state index in [1.54, 1.807) is 24.3 Å². The molecule has 0 atom stereocenters. The van der Waals surface area contributed by atoms with Gasteiger partial charge in [-0.1, -0.05) is 24.3 Å². The predicted octanol–water partition coefficient (Wildman–Crippen LogP) is 1.08. The second kappa shape index (κ2) is 3.49. The van der Waals surface area contributed by atoms with Gasteiger partial charge in [0.25, 0.3) is 0 Å². The smallest absolute Gasteiger partial charge is 0.229 e. The van der Waals surface area contributed by atoms with Crippen molar-refractivity contribution in [1.29, 1.82) is 0 Å². The number of rotatable bonds is 0. The number of ketones is 2. The lowest BCUT2D eigenvalue weighted by atomic mass is 9.88. The second-order valence-electron chi connectivity index (χ2n) is 3.75. The molecule has 0 unspecified atom stereocenters. The Hall–Kier alpha value is -2.01.